The number of methoxy groups -OCH3 is 1. The number of hydrogen-bond acceptors (Lipinski definition) is 3. The quantitative estimate of drug-likeness (QED) is 0.744. The molecule has 5 heteroatoms. The van der Waals surface area contributed by atoms with Gasteiger partial charge in [0.15, 0.2) is 0 Å². The molecular formula is C11H21NO4. The van der Waals surface area contributed by atoms with Gasteiger partial charge in [-0.3, -0.25) is 4.79 Å². The van der Waals surface area contributed by atoms with Crippen molar-refractivity contribution in [2.75, 3.05) is 13.7 Å². The highest BCUT2D eigenvalue weighted by molar-refractivity contribution is 5.85. The third kappa shape index (κ3) is 3.20. The van der Waals surface area contributed by atoms with Crippen molar-refractivity contribution in [1.82, 2.24) is 4.90 Å². The standard InChI is InChI=1S/C11H21NO4/c1-8(2)12(9(3)13)11(4,10(14)15)6-7-16-5/h8H,6-7H2,1-5H3,(H,14,15). The molecular weight excluding hydrogens is 210 g/mol. The fourth-order valence-electron chi connectivity index (χ4n) is 1.91. The molecule has 16 heavy (non-hydrogen) atoms. The van der Waals surface area contributed by atoms with Crippen LogP contribution < -0.4 is 0 Å². The summed E-state index contributed by atoms with van der Waals surface area (Å²) >= 11 is 0. The van der Waals surface area contributed by atoms with Gasteiger partial charge in [-0.1, -0.05) is 0 Å². The summed E-state index contributed by atoms with van der Waals surface area (Å²) in [6, 6.07) is -0.157. The van der Waals surface area contributed by atoms with Gasteiger partial charge in [0.2, 0.25) is 5.91 Å². The van der Waals surface area contributed by atoms with Crippen molar-refractivity contribution in [3.8, 4) is 0 Å². The third-order valence-corrected chi connectivity index (χ3v) is 2.64. The van der Waals surface area contributed by atoms with E-state index < -0.39 is 11.5 Å². The topological polar surface area (TPSA) is 66.8 Å². The smallest absolute Gasteiger partial charge is 0.329 e. The van der Waals surface area contributed by atoms with Gasteiger partial charge in [0.1, 0.15) is 5.54 Å². The van der Waals surface area contributed by atoms with Crippen LogP contribution in [-0.2, 0) is 14.3 Å². The van der Waals surface area contributed by atoms with Crippen LogP contribution in [0, 0.1) is 0 Å². The summed E-state index contributed by atoms with van der Waals surface area (Å²) in [6.07, 6.45) is 0.274. The van der Waals surface area contributed by atoms with E-state index in [0.717, 1.165) is 0 Å². The Balaban J connectivity index is 5.12. The second-order valence-electron chi connectivity index (χ2n) is 4.30. The number of carbonyl (C=O) groups excluding carboxylic acids is 1. The molecule has 0 aromatic carbocycles. The maximum absolute atomic E-state index is 11.5. The SMILES string of the molecule is COCCC(C)(C(=O)O)N(C(C)=O)C(C)C. The van der Waals surface area contributed by atoms with Crippen LogP contribution in [-0.4, -0.2) is 47.2 Å². The van der Waals surface area contributed by atoms with Crippen LogP contribution in [0.5, 0.6) is 0 Å². The Morgan fingerprint density at radius 1 is 1.44 bits per heavy atom. The Hall–Kier alpha value is -1.10. The minimum atomic E-state index is -1.21. The van der Waals surface area contributed by atoms with Crippen LogP contribution in [0.2, 0.25) is 0 Å². The molecule has 1 N–H and O–H groups in total. The minimum absolute atomic E-state index is 0.157. The number of carboxylic acids is 1. The molecule has 0 radical (unpaired) electrons. The number of carboxylic acid groups (broad SMARTS) is 1. The Morgan fingerprint density at radius 2 is 1.94 bits per heavy atom. The van der Waals surface area contributed by atoms with E-state index in [1.807, 2.05) is 0 Å². The van der Waals surface area contributed by atoms with Gasteiger partial charge in [0, 0.05) is 33.1 Å². The molecule has 1 atom stereocenters. The number of aliphatic carboxylic acids is 1. The van der Waals surface area contributed by atoms with Crippen LogP contribution in [0.15, 0.2) is 0 Å². The van der Waals surface area contributed by atoms with E-state index in [1.165, 1.54) is 18.9 Å². The summed E-state index contributed by atoms with van der Waals surface area (Å²) in [5.74, 6) is -1.25. The number of nitrogens with zero attached hydrogens (tertiary/aromatic N) is 1. The van der Waals surface area contributed by atoms with E-state index in [0.29, 0.717) is 6.61 Å². The fourth-order valence-corrected chi connectivity index (χ4v) is 1.91. The van der Waals surface area contributed by atoms with Gasteiger partial charge in [0.25, 0.3) is 0 Å². The summed E-state index contributed by atoms with van der Waals surface area (Å²) in [5.41, 5.74) is -1.21. The third-order valence-electron chi connectivity index (χ3n) is 2.64. The molecule has 0 saturated carbocycles. The first-order chi connectivity index (χ1) is 7.27. The highest BCUT2D eigenvalue weighted by Crippen LogP contribution is 2.23. The maximum atomic E-state index is 11.5. The van der Waals surface area contributed by atoms with Gasteiger partial charge in [-0.25, -0.2) is 4.79 Å². The Bertz CT molecular complexity index is 265. The van der Waals surface area contributed by atoms with Crippen LogP contribution in [0.1, 0.15) is 34.1 Å². The Kier molecular flexibility index (Phi) is 5.44. The van der Waals surface area contributed by atoms with Crippen LogP contribution in [0.25, 0.3) is 0 Å². The molecule has 0 aliphatic carbocycles. The molecule has 1 amide bonds. The highest BCUT2D eigenvalue weighted by Gasteiger charge is 2.42. The number of carbonyl (C=O) groups is 2. The maximum Gasteiger partial charge on any atom is 0.329 e. The fraction of sp³-hybridized carbons (Fsp3) is 0.818. The number of rotatable bonds is 6. The Labute approximate surface area is 96.4 Å². The molecule has 0 spiro atoms. The van der Waals surface area contributed by atoms with Gasteiger partial charge in [-0.2, -0.15) is 0 Å². The van der Waals surface area contributed by atoms with Crippen molar-refractivity contribution >= 4 is 11.9 Å². The predicted molar refractivity (Wildman–Crippen MR) is 60.2 cm³/mol. The first-order valence-electron chi connectivity index (χ1n) is 5.29. The summed E-state index contributed by atoms with van der Waals surface area (Å²) in [6.45, 7) is 6.84. The molecule has 0 bridgehead atoms. The van der Waals surface area contributed by atoms with E-state index in [-0.39, 0.29) is 18.4 Å². The molecule has 0 saturated heterocycles. The summed E-state index contributed by atoms with van der Waals surface area (Å²) in [5, 5.41) is 9.28. The van der Waals surface area contributed by atoms with Crippen molar-refractivity contribution in [1.29, 1.82) is 0 Å². The first-order valence-corrected chi connectivity index (χ1v) is 5.29. The van der Waals surface area contributed by atoms with Crippen LogP contribution >= 0.6 is 0 Å². The number of hydrogen-bond donors (Lipinski definition) is 1. The lowest BCUT2D eigenvalue weighted by Gasteiger charge is -2.40. The molecule has 0 aromatic heterocycles. The zero-order valence-electron chi connectivity index (χ0n) is 10.6. The average molecular weight is 231 g/mol. The van der Waals surface area contributed by atoms with E-state index in [1.54, 1.807) is 20.8 Å². The lowest BCUT2D eigenvalue weighted by atomic mass is 9.94. The monoisotopic (exact) mass is 231 g/mol. The molecule has 5 nitrogen and oxygen atoms in total. The average Bonchev–Trinajstić information content (AvgIpc) is 2.13. The summed E-state index contributed by atoms with van der Waals surface area (Å²) in [4.78, 5) is 24.2. The van der Waals surface area contributed by atoms with Crippen molar-refractivity contribution in [2.45, 2.75) is 45.7 Å². The van der Waals surface area contributed by atoms with Crippen molar-refractivity contribution in [3.05, 3.63) is 0 Å². The number of amides is 1. The zero-order valence-corrected chi connectivity index (χ0v) is 10.6. The van der Waals surface area contributed by atoms with Gasteiger partial charge < -0.3 is 14.7 Å². The minimum Gasteiger partial charge on any atom is -0.480 e. The van der Waals surface area contributed by atoms with Crippen LogP contribution in [0.4, 0.5) is 0 Å². The number of ether oxygens (including phenoxy) is 1. The lowest BCUT2D eigenvalue weighted by molar-refractivity contribution is -0.160. The molecule has 0 heterocycles. The second-order valence-corrected chi connectivity index (χ2v) is 4.30. The van der Waals surface area contributed by atoms with E-state index in [2.05, 4.69) is 0 Å². The van der Waals surface area contributed by atoms with E-state index in [4.69, 9.17) is 4.74 Å². The van der Waals surface area contributed by atoms with Crippen molar-refractivity contribution in [3.63, 3.8) is 0 Å². The van der Waals surface area contributed by atoms with Gasteiger partial charge in [-0.05, 0) is 20.8 Å². The van der Waals surface area contributed by atoms with Gasteiger partial charge in [-0.15, -0.1) is 0 Å². The van der Waals surface area contributed by atoms with Crippen molar-refractivity contribution < 1.29 is 19.4 Å². The van der Waals surface area contributed by atoms with Crippen LogP contribution in [0.3, 0.4) is 0 Å². The van der Waals surface area contributed by atoms with E-state index >= 15 is 0 Å². The normalized spacial score (nSPS) is 14.6. The van der Waals surface area contributed by atoms with Gasteiger partial charge in [0.05, 0.1) is 0 Å². The summed E-state index contributed by atoms with van der Waals surface area (Å²) < 4.78 is 4.90. The predicted octanol–water partition coefficient (Wildman–Crippen LogP) is 1.12. The zero-order chi connectivity index (χ0) is 12.9. The Morgan fingerprint density at radius 3 is 2.19 bits per heavy atom. The first kappa shape index (κ1) is 14.9. The molecule has 0 aromatic rings. The molecule has 94 valence electrons. The molecule has 0 fully saturated rings. The van der Waals surface area contributed by atoms with E-state index in [9.17, 15) is 14.7 Å². The summed E-state index contributed by atoms with van der Waals surface area (Å²) in [7, 11) is 1.51. The molecule has 0 aliphatic rings. The lowest BCUT2D eigenvalue weighted by Crippen LogP contribution is -2.57. The van der Waals surface area contributed by atoms with Crippen molar-refractivity contribution in [2.24, 2.45) is 0 Å². The molecule has 1 unspecified atom stereocenters. The molecule has 0 aliphatic heterocycles. The highest BCUT2D eigenvalue weighted by atomic mass is 16.5. The second kappa shape index (κ2) is 5.84. The van der Waals surface area contributed by atoms with Gasteiger partial charge >= 0.3 is 5.97 Å². The molecule has 0 rings (SSSR count). The largest absolute Gasteiger partial charge is 0.480 e.